The average Bonchev–Trinajstić information content (AvgIpc) is 2.40. The number of hydrogen-bond acceptors (Lipinski definition) is 5. The minimum Gasteiger partial charge on any atom is -0.489 e. The van der Waals surface area contributed by atoms with Crippen LogP contribution in [0.1, 0.15) is 31.1 Å². The number of rotatable bonds is 5. The molecule has 0 aromatic carbocycles. The summed E-state index contributed by atoms with van der Waals surface area (Å²) in [6.07, 6.45) is 8.74. The zero-order valence-electron chi connectivity index (χ0n) is 11.4. The summed E-state index contributed by atoms with van der Waals surface area (Å²) in [4.78, 5) is 12.6. The summed E-state index contributed by atoms with van der Waals surface area (Å²) < 4.78 is 5.66. The highest BCUT2D eigenvalue weighted by atomic mass is 16.5. The highest BCUT2D eigenvalue weighted by Gasteiger charge is 2.14. The van der Waals surface area contributed by atoms with Crippen molar-refractivity contribution in [2.24, 2.45) is 0 Å². The molecule has 5 heteroatoms. The summed E-state index contributed by atoms with van der Waals surface area (Å²) in [6, 6.07) is 1.93. The molecule has 0 amide bonds. The van der Waals surface area contributed by atoms with E-state index in [4.69, 9.17) is 4.74 Å². The van der Waals surface area contributed by atoms with Gasteiger partial charge in [-0.2, -0.15) is 0 Å². The molecule has 1 atom stereocenters. The Morgan fingerprint density at radius 2 is 1.95 bits per heavy atom. The van der Waals surface area contributed by atoms with E-state index < -0.39 is 0 Å². The molecule has 0 aliphatic rings. The average molecular weight is 258 g/mol. The maximum absolute atomic E-state index is 5.66. The van der Waals surface area contributed by atoms with Crippen molar-refractivity contribution < 1.29 is 4.74 Å². The lowest BCUT2D eigenvalue weighted by atomic mass is 10.1. The summed E-state index contributed by atoms with van der Waals surface area (Å²) in [5.41, 5.74) is 1.86. The third-order valence-electron chi connectivity index (χ3n) is 2.61. The van der Waals surface area contributed by atoms with Crippen LogP contribution in [-0.4, -0.2) is 28.1 Å². The molecule has 0 radical (unpaired) electrons. The highest BCUT2D eigenvalue weighted by Crippen LogP contribution is 2.22. The van der Waals surface area contributed by atoms with Gasteiger partial charge in [0.05, 0.1) is 30.2 Å². The number of nitrogens with zero attached hydrogens (tertiary/aromatic N) is 3. The van der Waals surface area contributed by atoms with Crippen molar-refractivity contribution in [1.82, 2.24) is 20.3 Å². The van der Waals surface area contributed by atoms with Crippen LogP contribution in [0, 0.1) is 0 Å². The molecule has 1 N–H and O–H groups in total. The van der Waals surface area contributed by atoms with Gasteiger partial charge >= 0.3 is 0 Å². The molecule has 0 bridgehead atoms. The van der Waals surface area contributed by atoms with Crippen LogP contribution < -0.4 is 10.1 Å². The zero-order chi connectivity index (χ0) is 13.7. The van der Waals surface area contributed by atoms with E-state index >= 15 is 0 Å². The number of ether oxygens (including phenoxy) is 1. The van der Waals surface area contributed by atoms with Gasteiger partial charge in [-0.25, -0.2) is 0 Å². The van der Waals surface area contributed by atoms with Gasteiger partial charge in [0, 0.05) is 18.6 Å². The predicted molar refractivity (Wildman–Crippen MR) is 72.9 cm³/mol. The summed E-state index contributed by atoms with van der Waals surface area (Å²) >= 11 is 0. The lowest BCUT2D eigenvalue weighted by Crippen LogP contribution is -2.19. The Balaban J connectivity index is 2.28. The van der Waals surface area contributed by atoms with Gasteiger partial charge in [0.15, 0.2) is 0 Å². The van der Waals surface area contributed by atoms with Gasteiger partial charge in [0.2, 0.25) is 0 Å². The van der Waals surface area contributed by atoms with E-state index in [1.54, 1.807) is 24.8 Å². The van der Waals surface area contributed by atoms with Crippen LogP contribution in [0.3, 0.4) is 0 Å². The quantitative estimate of drug-likeness (QED) is 0.888. The maximum atomic E-state index is 5.66. The lowest BCUT2D eigenvalue weighted by molar-refractivity contribution is 0.241. The van der Waals surface area contributed by atoms with Crippen molar-refractivity contribution in [3.63, 3.8) is 0 Å². The minimum absolute atomic E-state index is 0.0445. The number of pyridine rings is 1. The second-order valence-corrected chi connectivity index (χ2v) is 4.47. The molecule has 2 rings (SSSR count). The molecule has 2 heterocycles. The molecule has 1 unspecified atom stereocenters. The van der Waals surface area contributed by atoms with E-state index in [-0.39, 0.29) is 12.1 Å². The highest BCUT2D eigenvalue weighted by molar-refractivity contribution is 5.30. The molecule has 100 valence electrons. The molecule has 19 heavy (non-hydrogen) atoms. The Morgan fingerprint density at radius 1 is 1.11 bits per heavy atom. The van der Waals surface area contributed by atoms with Gasteiger partial charge in [0.25, 0.3) is 0 Å². The third-order valence-corrected chi connectivity index (χ3v) is 2.61. The Kier molecular flexibility index (Phi) is 4.41. The van der Waals surface area contributed by atoms with Gasteiger partial charge < -0.3 is 10.1 Å². The topological polar surface area (TPSA) is 59.9 Å². The first-order valence-electron chi connectivity index (χ1n) is 6.25. The zero-order valence-corrected chi connectivity index (χ0v) is 11.4. The molecule has 0 spiro atoms. The van der Waals surface area contributed by atoms with Crippen molar-refractivity contribution >= 4 is 0 Å². The predicted octanol–water partition coefficient (Wildman–Crippen LogP) is 1.97. The van der Waals surface area contributed by atoms with Gasteiger partial charge in [-0.15, -0.1) is 0 Å². The van der Waals surface area contributed by atoms with Crippen molar-refractivity contribution in [3.8, 4) is 5.75 Å². The molecular weight excluding hydrogens is 240 g/mol. The Labute approximate surface area is 113 Å². The second-order valence-electron chi connectivity index (χ2n) is 4.47. The van der Waals surface area contributed by atoms with E-state index in [1.807, 2.05) is 33.2 Å². The number of hydrogen-bond donors (Lipinski definition) is 1. The van der Waals surface area contributed by atoms with Gasteiger partial charge in [-0.05, 0) is 32.5 Å². The van der Waals surface area contributed by atoms with Crippen LogP contribution in [0.2, 0.25) is 0 Å². The van der Waals surface area contributed by atoms with Crippen LogP contribution in [0.5, 0.6) is 5.75 Å². The van der Waals surface area contributed by atoms with Gasteiger partial charge in [0.1, 0.15) is 5.75 Å². The first-order chi connectivity index (χ1) is 9.20. The summed E-state index contributed by atoms with van der Waals surface area (Å²) in [6.45, 7) is 3.98. The Morgan fingerprint density at radius 3 is 2.58 bits per heavy atom. The fraction of sp³-hybridized carbons (Fsp3) is 0.357. The first kappa shape index (κ1) is 13.4. The Bertz CT molecular complexity index is 516. The molecule has 0 saturated heterocycles. The summed E-state index contributed by atoms with van der Waals surface area (Å²) in [5.74, 6) is 0.761. The number of aromatic nitrogens is 3. The largest absolute Gasteiger partial charge is 0.489 e. The van der Waals surface area contributed by atoms with Crippen LogP contribution in [0.25, 0.3) is 0 Å². The normalized spacial score (nSPS) is 12.4. The third kappa shape index (κ3) is 3.48. The van der Waals surface area contributed by atoms with Crippen molar-refractivity contribution in [2.75, 3.05) is 7.05 Å². The first-order valence-corrected chi connectivity index (χ1v) is 6.25. The molecule has 2 aromatic heterocycles. The molecule has 0 aliphatic heterocycles. The van der Waals surface area contributed by atoms with Gasteiger partial charge in [-0.1, -0.05) is 0 Å². The summed E-state index contributed by atoms with van der Waals surface area (Å²) in [5, 5.41) is 3.22. The SMILES string of the molecule is CNC(c1cncc(OC(C)C)c1)c1cnccn1. The molecule has 0 fully saturated rings. The van der Waals surface area contributed by atoms with Crippen molar-refractivity contribution in [2.45, 2.75) is 26.0 Å². The monoisotopic (exact) mass is 258 g/mol. The Hall–Kier alpha value is -2.01. The minimum atomic E-state index is -0.0445. The van der Waals surface area contributed by atoms with Crippen molar-refractivity contribution in [3.05, 3.63) is 48.3 Å². The maximum Gasteiger partial charge on any atom is 0.138 e. The molecule has 2 aromatic rings. The van der Waals surface area contributed by atoms with E-state index in [0.29, 0.717) is 0 Å². The molecule has 5 nitrogen and oxygen atoms in total. The van der Waals surface area contributed by atoms with Crippen LogP contribution in [-0.2, 0) is 0 Å². The molecular formula is C14H18N4O. The standard InChI is InChI=1S/C14H18N4O/c1-10(2)19-12-6-11(7-17-8-12)14(15-3)13-9-16-4-5-18-13/h4-10,14-15H,1-3H3. The van der Waals surface area contributed by atoms with E-state index in [9.17, 15) is 0 Å². The van der Waals surface area contributed by atoms with E-state index in [1.165, 1.54) is 0 Å². The van der Waals surface area contributed by atoms with E-state index in [2.05, 4.69) is 20.3 Å². The second kappa shape index (κ2) is 6.24. The van der Waals surface area contributed by atoms with Crippen molar-refractivity contribution in [1.29, 1.82) is 0 Å². The smallest absolute Gasteiger partial charge is 0.138 e. The fourth-order valence-electron chi connectivity index (χ4n) is 1.88. The van der Waals surface area contributed by atoms with Crippen LogP contribution >= 0.6 is 0 Å². The summed E-state index contributed by atoms with van der Waals surface area (Å²) in [7, 11) is 1.88. The lowest BCUT2D eigenvalue weighted by Gasteiger charge is -2.17. The van der Waals surface area contributed by atoms with Gasteiger partial charge in [-0.3, -0.25) is 15.0 Å². The fourth-order valence-corrected chi connectivity index (χ4v) is 1.88. The molecule has 0 saturated carbocycles. The number of nitrogens with one attached hydrogen (secondary N) is 1. The molecule has 0 aliphatic carbocycles. The van der Waals surface area contributed by atoms with Crippen LogP contribution in [0.4, 0.5) is 0 Å². The van der Waals surface area contributed by atoms with Crippen LogP contribution in [0.15, 0.2) is 37.1 Å². The van der Waals surface area contributed by atoms with E-state index in [0.717, 1.165) is 17.0 Å².